The second kappa shape index (κ2) is 7.09. The number of imidazole rings is 1. The van der Waals surface area contributed by atoms with Crippen LogP contribution in [0.2, 0.25) is 0 Å². The lowest BCUT2D eigenvalue weighted by Gasteiger charge is -2.05. The van der Waals surface area contributed by atoms with Gasteiger partial charge in [0.05, 0.1) is 11.0 Å². The summed E-state index contributed by atoms with van der Waals surface area (Å²) in [5.74, 6) is 0.260. The minimum Gasteiger partial charge on any atom is -0.336 e. The molecule has 0 saturated heterocycles. The van der Waals surface area contributed by atoms with E-state index in [9.17, 15) is 4.39 Å². The van der Waals surface area contributed by atoms with Crippen LogP contribution in [0, 0.1) is 12.7 Å². The summed E-state index contributed by atoms with van der Waals surface area (Å²) in [7, 11) is 0. The van der Waals surface area contributed by atoms with Crippen LogP contribution in [0.5, 0.6) is 0 Å². The van der Waals surface area contributed by atoms with E-state index in [2.05, 4.69) is 38.1 Å². The van der Waals surface area contributed by atoms with Gasteiger partial charge in [-0.2, -0.15) is 5.10 Å². The van der Waals surface area contributed by atoms with Crippen LogP contribution in [0.4, 0.5) is 4.39 Å². The van der Waals surface area contributed by atoms with E-state index < -0.39 is 0 Å². The third kappa shape index (κ3) is 2.86. The van der Waals surface area contributed by atoms with Crippen molar-refractivity contribution in [2.45, 2.75) is 6.92 Å². The first-order valence-corrected chi connectivity index (χ1v) is 10.2. The molecular weight excluding hydrogens is 403 g/mol. The Balaban J connectivity index is 1.53. The van der Waals surface area contributed by atoms with Crippen molar-refractivity contribution in [3.05, 3.63) is 84.6 Å². The fraction of sp³-hybridized carbons (Fsp3) is 0.0400. The molecule has 0 aliphatic heterocycles. The topological polar surface area (TPSA) is 83.1 Å². The number of aryl methyl sites for hydroxylation is 1. The molecule has 7 heteroatoms. The monoisotopic (exact) mass is 420 g/mol. The summed E-state index contributed by atoms with van der Waals surface area (Å²) >= 11 is 0. The van der Waals surface area contributed by atoms with Crippen LogP contribution in [0.3, 0.4) is 0 Å². The van der Waals surface area contributed by atoms with Crippen molar-refractivity contribution < 1.29 is 4.39 Å². The lowest BCUT2D eigenvalue weighted by atomic mass is 10.0. The molecule has 0 radical (unpaired) electrons. The van der Waals surface area contributed by atoms with Crippen LogP contribution in [0.1, 0.15) is 5.56 Å². The number of pyridine rings is 2. The SMILES string of the molecule is Cc1ccncc1-c1ccc2[nH]nc(-c3nc4c(-c5ccccc5F)nccc4[nH]3)c2c1. The Morgan fingerprint density at radius 1 is 0.875 bits per heavy atom. The molecule has 0 spiro atoms. The number of hydrogen-bond acceptors (Lipinski definition) is 4. The van der Waals surface area contributed by atoms with Crippen LogP contribution >= 0.6 is 0 Å². The molecule has 6 nitrogen and oxygen atoms in total. The lowest BCUT2D eigenvalue weighted by Crippen LogP contribution is -1.89. The van der Waals surface area contributed by atoms with Crippen molar-refractivity contribution in [3.8, 4) is 33.9 Å². The van der Waals surface area contributed by atoms with E-state index >= 15 is 0 Å². The lowest BCUT2D eigenvalue weighted by molar-refractivity contribution is 0.631. The number of aromatic nitrogens is 6. The second-order valence-corrected chi connectivity index (χ2v) is 7.64. The molecule has 2 aromatic carbocycles. The number of fused-ring (bicyclic) bond motifs is 2. The van der Waals surface area contributed by atoms with Gasteiger partial charge in [0.1, 0.15) is 22.7 Å². The summed E-state index contributed by atoms with van der Waals surface area (Å²) in [5.41, 5.74) is 7.14. The van der Waals surface area contributed by atoms with Crippen molar-refractivity contribution >= 4 is 21.9 Å². The summed E-state index contributed by atoms with van der Waals surface area (Å²) in [4.78, 5) is 16.8. The van der Waals surface area contributed by atoms with Crippen LogP contribution in [-0.2, 0) is 0 Å². The van der Waals surface area contributed by atoms with E-state index in [1.807, 2.05) is 30.5 Å². The van der Waals surface area contributed by atoms with Crippen molar-refractivity contribution in [2.24, 2.45) is 0 Å². The number of rotatable bonds is 3. The van der Waals surface area contributed by atoms with E-state index in [0.717, 1.165) is 33.1 Å². The Bertz CT molecular complexity index is 1610. The quantitative estimate of drug-likeness (QED) is 0.386. The molecule has 0 amide bonds. The smallest absolute Gasteiger partial charge is 0.159 e. The first-order chi connectivity index (χ1) is 15.7. The normalized spacial score (nSPS) is 11.4. The van der Waals surface area contributed by atoms with Crippen LogP contribution in [0.25, 0.3) is 55.8 Å². The molecule has 32 heavy (non-hydrogen) atoms. The molecule has 2 N–H and O–H groups in total. The molecule has 154 valence electrons. The predicted octanol–water partition coefficient (Wildman–Crippen LogP) is 5.68. The molecule has 6 aromatic rings. The van der Waals surface area contributed by atoms with Gasteiger partial charge in [-0.1, -0.05) is 18.2 Å². The van der Waals surface area contributed by atoms with Crippen LogP contribution in [-0.4, -0.2) is 30.1 Å². The first-order valence-electron chi connectivity index (χ1n) is 10.2. The molecule has 0 aliphatic rings. The number of nitrogens with one attached hydrogen (secondary N) is 2. The third-order valence-electron chi connectivity index (χ3n) is 5.67. The zero-order valence-electron chi connectivity index (χ0n) is 17.1. The molecule has 0 bridgehead atoms. The summed E-state index contributed by atoms with van der Waals surface area (Å²) < 4.78 is 14.4. The standard InChI is InChI=1S/C25H17FN6/c1-14-8-10-27-13-18(14)15-6-7-20-17(12-15)23(32-31-20)25-29-21-9-11-28-22(24(21)30-25)16-4-2-3-5-19(16)26/h2-13H,1H3,(H,29,30)(H,31,32). The van der Waals surface area contributed by atoms with Gasteiger partial charge in [-0.3, -0.25) is 15.1 Å². The summed E-state index contributed by atoms with van der Waals surface area (Å²) in [6.45, 7) is 2.06. The van der Waals surface area contributed by atoms with E-state index in [1.54, 1.807) is 30.6 Å². The van der Waals surface area contributed by atoms with Gasteiger partial charge >= 0.3 is 0 Å². The van der Waals surface area contributed by atoms with Crippen molar-refractivity contribution in [1.82, 2.24) is 30.1 Å². The Labute approximate surface area is 182 Å². The molecule has 0 unspecified atom stereocenters. The zero-order valence-corrected chi connectivity index (χ0v) is 17.1. The van der Waals surface area contributed by atoms with Gasteiger partial charge in [0.15, 0.2) is 5.82 Å². The second-order valence-electron chi connectivity index (χ2n) is 7.64. The summed E-state index contributed by atoms with van der Waals surface area (Å²) in [6.07, 6.45) is 5.30. The van der Waals surface area contributed by atoms with Gasteiger partial charge < -0.3 is 4.98 Å². The maximum Gasteiger partial charge on any atom is 0.159 e. The van der Waals surface area contributed by atoms with Gasteiger partial charge in [-0.25, -0.2) is 9.37 Å². The van der Waals surface area contributed by atoms with Gasteiger partial charge in [0, 0.05) is 35.1 Å². The Morgan fingerprint density at radius 2 is 1.78 bits per heavy atom. The van der Waals surface area contributed by atoms with Crippen molar-refractivity contribution in [2.75, 3.05) is 0 Å². The Kier molecular flexibility index (Phi) is 4.07. The molecule has 4 aromatic heterocycles. The number of benzene rings is 2. The number of nitrogens with zero attached hydrogens (tertiary/aromatic N) is 4. The van der Waals surface area contributed by atoms with Gasteiger partial charge in [-0.05, 0) is 54.4 Å². The van der Waals surface area contributed by atoms with Crippen LogP contribution in [0.15, 0.2) is 73.2 Å². The highest BCUT2D eigenvalue weighted by molar-refractivity contribution is 5.97. The Morgan fingerprint density at radius 3 is 2.66 bits per heavy atom. The molecule has 0 saturated carbocycles. The highest BCUT2D eigenvalue weighted by Gasteiger charge is 2.17. The Hall–Kier alpha value is -4.39. The zero-order chi connectivity index (χ0) is 21.7. The largest absolute Gasteiger partial charge is 0.336 e. The fourth-order valence-corrected chi connectivity index (χ4v) is 4.03. The summed E-state index contributed by atoms with van der Waals surface area (Å²) in [6, 6.07) is 16.5. The molecule has 6 rings (SSSR count). The van der Waals surface area contributed by atoms with E-state index in [1.165, 1.54) is 6.07 Å². The highest BCUT2D eigenvalue weighted by atomic mass is 19.1. The average molecular weight is 420 g/mol. The number of halogens is 1. The minimum atomic E-state index is -0.334. The fourth-order valence-electron chi connectivity index (χ4n) is 4.03. The molecule has 0 atom stereocenters. The van der Waals surface area contributed by atoms with Crippen molar-refractivity contribution in [1.29, 1.82) is 0 Å². The number of aromatic amines is 2. The molecule has 0 aliphatic carbocycles. The van der Waals surface area contributed by atoms with Gasteiger partial charge in [0.25, 0.3) is 0 Å². The van der Waals surface area contributed by atoms with Crippen LogP contribution < -0.4 is 0 Å². The van der Waals surface area contributed by atoms with E-state index in [-0.39, 0.29) is 5.82 Å². The highest BCUT2D eigenvalue weighted by Crippen LogP contribution is 2.33. The number of H-pyrrole nitrogens is 2. The van der Waals surface area contributed by atoms with Gasteiger partial charge in [0.2, 0.25) is 0 Å². The maximum absolute atomic E-state index is 14.4. The number of hydrogen-bond donors (Lipinski definition) is 2. The third-order valence-corrected chi connectivity index (χ3v) is 5.67. The minimum absolute atomic E-state index is 0.334. The van der Waals surface area contributed by atoms with Crippen molar-refractivity contribution in [3.63, 3.8) is 0 Å². The molecule has 0 fully saturated rings. The van der Waals surface area contributed by atoms with Gasteiger partial charge in [-0.15, -0.1) is 0 Å². The van der Waals surface area contributed by atoms with E-state index in [0.29, 0.717) is 28.3 Å². The molecule has 4 heterocycles. The van der Waals surface area contributed by atoms with E-state index in [4.69, 9.17) is 4.98 Å². The maximum atomic E-state index is 14.4. The average Bonchev–Trinajstić information content (AvgIpc) is 3.43. The first kappa shape index (κ1) is 18.4. The molecular formula is C25H17FN6. The summed E-state index contributed by atoms with van der Waals surface area (Å²) in [5, 5.41) is 8.52. The predicted molar refractivity (Wildman–Crippen MR) is 122 cm³/mol.